The van der Waals surface area contributed by atoms with Gasteiger partial charge in [0.05, 0.1) is 0 Å². The lowest BCUT2D eigenvalue weighted by Gasteiger charge is -2.32. The third-order valence-electron chi connectivity index (χ3n) is 5.96. The fourth-order valence-corrected chi connectivity index (χ4v) is 3.95. The fraction of sp³-hybridized carbons (Fsp3) is 0.480. The summed E-state index contributed by atoms with van der Waals surface area (Å²) in [4.78, 5) is 12.6. The smallest absolute Gasteiger partial charge is 0.318 e. The predicted octanol–water partition coefficient (Wildman–Crippen LogP) is 5.70. The van der Waals surface area contributed by atoms with Crippen molar-refractivity contribution in [2.45, 2.75) is 78.6 Å². The Morgan fingerprint density at radius 2 is 1.00 bits per heavy atom. The van der Waals surface area contributed by atoms with Gasteiger partial charge in [-0.05, 0) is 77.1 Å². The Kier molecular flexibility index (Phi) is 5.57. The SMILES string of the molecule is Cc1c(O)cc(C(C)(C(=O)O)c2cc(O)c(C)c(C(C)(C)C)c2)cc1C(C)(C)C. The summed E-state index contributed by atoms with van der Waals surface area (Å²) in [6.45, 7) is 17.5. The molecule has 0 unspecified atom stereocenters. The van der Waals surface area contributed by atoms with Crippen molar-refractivity contribution in [2.24, 2.45) is 0 Å². The van der Waals surface area contributed by atoms with Crippen LogP contribution in [0.1, 0.15) is 81.8 Å². The lowest BCUT2D eigenvalue weighted by atomic mass is 9.71. The van der Waals surface area contributed by atoms with Gasteiger partial charge in [0.2, 0.25) is 0 Å². The van der Waals surface area contributed by atoms with Gasteiger partial charge in [-0.1, -0.05) is 53.7 Å². The summed E-state index contributed by atoms with van der Waals surface area (Å²) in [5.74, 6) is -0.886. The summed E-state index contributed by atoms with van der Waals surface area (Å²) in [7, 11) is 0. The second kappa shape index (κ2) is 7.08. The molecular weight excluding hydrogens is 364 g/mol. The number of hydrogen-bond donors (Lipinski definition) is 3. The molecule has 4 heteroatoms. The number of aliphatic carboxylic acids is 1. The number of phenols is 2. The first-order valence-electron chi connectivity index (χ1n) is 9.93. The van der Waals surface area contributed by atoms with E-state index in [4.69, 9.17) is 0 Å². The van der Waals surface area contributed by atoms with E-state index in [1.54, 1.807) is 6.92 Å². The van der Waals surface area contributed by atoms with E-state index in [9.17, 15) is 20.1 Å². The zero-order chi connectivity index (χ0) is 22.5. The van der Waals surface area contributed by atoms with Crippen LogP contribution in [0.5, 0.6) is 11.5 Å². The molecule has 2 aromatic carbocycles. The number of aromatic hydroxyl groups is 2. The quantitative estimate of drug-likeness (QED) is 0.620. The van der Waals surface area contributed by atoms with E-state index in [0.29, 0.717) is 11.1 Å². The lowest BCUT2D eigenvalue weighted by molar-refractivity contribution is -0.141. The first-order valence-corrected chi connectivity index (χ1v) is 9.93. The van der Waals surface area contributed by atoms with Crippen LogP contribution in [-0.2, 0) is 21.0 Å². The van der Waals surface area contributed by atoms with Crippen molar-refractivity contribution in [3.05, 3.63) is 57.6 Å². The molecule has 29 heavy (non-hydrogen) atoms. The van der Waals surface area contributed by atoms with Gasteiger partial charge in [0.1, 0.15) is 16.9 Å². The van der Waals surface area contributed by atoms with Gasteiger partial charge in [0, 0.05) is 0 Å². The van der Waals surface area contributed by atoms with Gasteiger partial charge in [0.25, 0.3) is 0 Å². The molecule has 0 amide bonds. The highest BCUT2D eigenvalue weighted by Gasteiger charge is 2.40. The molecule has 0 saturated heterocycles. The van der Waals surface area contributed by atoms with Crippen molar-refractivity contribution in [1.29, 1.82) is 0 Å². The van der Waals surface area contributed by atoms with Gasteiger partial charge in [-0.3, -0.25) is 4.79 Å². The van der Waals surface area contributed by atoms with E-state index in [1.807, 2.05) is 67.5 Å². The van der Waals surface area contributed by atoms with Crippen molar-refractivity contribution >= 4 is 5.97 Å². The van der Waals surface area contributed by atoms with Crippen LogP contribution in [0.2, 0.25) is 0 Å². The second-order valence-corrected chi connectivity index (χ2v) is 10.3. The maximum Gasteiger partial charge on any atom is 0.318 e. The number of carboxylic acid groups (broad SMARTS) is 1. The van der Waals surface area contributed by atoms with Crippen molar-refractivity contribution in [3.63, 3.8) is 0 Å². The number of carboxylic acids is 1. The Bertz CT molecular complexity index is 887. The van der Waals surface area contributed by atoms with Crippen LogP contribution in [0.4, 0.5) is 0 Å². The molecule has 0 atom stereocenters. The van der Waals surface area contributed by atoms with Crippen LogP contribution >= 0.6 is 0 Å². The third-order valence-corrected chi connectivity index (χ3v) is 5.96. The van der Waals surface area contributed by atoms with E-state index in [0.717, 1.165) is 22.3 Å². The Morgan fingerprint density at radius 1 is 0.690 bits per heavy atom. The van der Waals surface area contributed by atoms with Crippen LogP contribution < -0.4 is 0 Å². The van der Waals surface area contributed by atoms with Crippen LogP contribution in [0.25, 0.3) is 0 Å². The average Bonchev–Trinajstić information content (AvgIpc) is 2.56. The summed E-state index contributed by atoms with van der Waals surface area (Å²) >= 11 is 0. The molecule has 2 rings (SSSR count). The van der Waals surface area contributed by atoms with Gasteiger partial charge >= 0.3 is 5.97 Å². The molecule has 0 saturated carbocycles. The van der Waals surface area contributed by atoms with Crippen molar-refractivity contribution < 1.29 is 20.1 Å². The molecule has 0 aliphatic rings. The Balaban J connectivity index is 2.90. The number of carbonyl (C=O) groups is 1. The number of hydrogen-bond acceptors (Lipinski definition) is 3. The van der Waals surface area contributed by atoms with Gasteiger partial charge < -0.3 is 15.3 Å². The molecule has 0 heterocycles. The van der Waals surface area contributed by atoms with Crippen molar-refractivity contribution in [1.82, 2.24) is 0 Å². The molecule has 0 radical (unpaired) electrons. The van der Waals surface area contributed by atoms with Gasteiger partial charge in [-0.15, -0.1) is 0 Å². The van der Waals surface area contributed by atoms with Gasteiger partial charge in [-0.25, -0.2) is 0 Å². The molecule has 0 aliphatic heterocycles. The zero-order valence-electron chi connectivity index (χ0n) is 19.1. The molecule has 158 valence electrons. The summed E-state index contributed by atoms with van der Waals surface area (Å²) in [5, 5.41) is 31.4. The van der Waals surface area contributed by atoms with E-state index in [1.165, 1.54) is 12.1 Å². The lowest BCUT2D eigenvalue weighted by Crippen LogP contribution is -2.35. The fourth-order valence-electron chi connectivity index (χ4n) is 3.95. The van der Waals surface area contributed by atoms with Crippen molar-refractivity contribution in [2.75, 3.05) is 0 Å². The standard InChI is InChI=1S/C25H34O4/c1-14-18(23(3,4)5)10-16(12-20(14)26)25(9,22(28)29)17-11-19(24(6,7)8)15(2)21(27)13-17/h10-13,26-27H,1-9H3,(H,28,29). The molecule has 3 N–H and O–H groups in total. The number of rotatable bonds is 3. The number of benzene rings is 2. The third kappa shape index (κ3) is 3.98. The molecule has 0 bridgehead atoms. The minimum Gasteiger partial charge on any atom is -0.508 e. The Labute approximate surface area is 174 Å². The monoisotopic (exact) mass is 398 g/mol. The molecule has 2 aromatic rings. The minimum atomic E-state index is -1.43. The van der Waals surface area contributed by atoms with Crippen LogP contribution in [-0.4, -0.2) is 21.3 Å². The second-order valence-electron chi connectivity index (χ2n) is 10.3. The van der Waals surface area contributed by atoms with Crippen LogP contribution in [0, 0.1) is 13.8 Å². The van der Waals surface area contributed by atoms with Gasteiger partial charge in [0.15, 0.2) is 0 Å². The highest BCUT2D eigenvalue weighted by atomic mass is 16.4. The normalized spacial score (nSPS) is 12.9. The van der Waals surface area contributed by atoms with E-state index >= 15 is 0 Å². The van der Waals surface area contributed by atoms with Crippen molar-refractivity contribution in [3.8, 4) is 11.5 Å². The largest absolute Gasteiger partial charge is 0.508 e. The highest BCUT2D eigenvalue weighted by Crippen LogP contribution is 2.42. The van der Waals surface area contributed by atoms with Crippen LogP contribution in [0.3, 0.4) is 0 Å². The first-order chi connectivity index (χ1) is 13.0. The Hall–Kier alpha value is -2.49. The van der Waals surface area contributed by atoms with E-state index < -0.39 is 11.4 Å². The van der Waals surface area contributed by atoms with E-state index in [-0.39, 0.29) is 22.3 Å². The maximum atomic E-state index is 12.6. The van der Waals surface area contributed by atoms with Gasteiger partial charge in [-0.2, -0.15) is 0 Å². The molecular formula is C25H34O4. The summed E-state index contributed by atoms with van der Waals surface area (Å²) in [6, 6.07) is 6.81. The first kappa shape index (κ1) is 22.8. The topological polar surface area (TPSA) is 77.8 Å². The average molecular weight is 399 g/mol. The predicted molar refractivity (Wildman–Crippen MR) is 117 cm³/mol. The summed E-state index contributed by atoms with van der Waals surface area (Å²) < 4.78 is 0. The molecule has 0 fully saturated rings. The maximum absolute atomic E-state index is 12.6. The zero-order valence-corrected chi connectivity index (χ0v) is 19.1. The van der Waals surface area contributed by atoms with E-state index in [2.05, 4.69) is 0 Å². The molecule has 0 aliphatic carbocycles. The van der Waals surface area contributed by atoms with Crippen LogP contribution in [0.15, 0.2) is 24.3 Å². The summed E-state index contributed by atoms with van der Waals surface area (Å²) in [5.41, 5.74) is 2.30. The highest BCUT2D eigenvalue weighted by molar-refractivity contribution is 5.86. The molecule has 4 nitrogen and oxygen atoms in total. The molecule has 0 aromatic heterocycles. The summed E-state index contributed by atoms with van der Waals surface area (Å²) in [6.07, 6.45) is 0. The Morgan fingerprint density at radius 3 is 1.24 bits per heavy atom. The number of phenolic OH excluding ortho intramolecular Hbond substituents is 2. The minimum absolute atomic E-state index is 0.0762. The molecule has 0 spiro atoms.